The van der Waals surface area contributed by atoms with Gasteiger partial charge < -0.3 is 5.32 Å². The summed E-state index contributed by atoms with van der Waals surface area (Å²) in [5.74, 6) is -0.238. The molecule has 6 heteroatoms. The zero-order chi connectivity index (χ0) is 20.2. The first-order valence-electron chi connectivity index (χ1n) is 8.68. The number of sulfonamides is 1. The summed E-state index contributed by atoms with van der Waals surface area (Å²) < 4.78 is 28.3. The Morgan fingerprint density at radius 1 is 1.11 bits per heavy atom. The number of aryl methyl sites for hydroxylation is 1. The smallest absolute Gasteiger partial charge is 0.262 e. The number of carbonyl (C=O) groups excluding carboxylic acids is 1. The standard InChI is InChI=1S/C21H26N2O3S/c1-6-13-22-20(24)16-8-11-18(12-9-16)23-27(25,26)19-14-17(21(3,4)5)10-7-15(19)2/h6-12,14,23H,1,13H2,2-5H3,(H,22,24). The predicted octanol–water partition coefficient (Wildman–Crippen LogP) is 4.01. The number of nitrogens with one attached hydrogen (secondary N) is 2. The molecule has 0 aromatic heterocycles. The first-order valence-corrected chi connectivity index (χ1v) is 10.2. The van der Waals surface area contributed by atoms with E-state index in [-0.39, 0.29) is 16.2 Å². The van der Waals surface area contributed by atoms with Gasteiger partial charge in [-0.1, -0.05) is 39.0 Å². The molecule has 144 valence electrons. The fraction of sp³-hybridized carbons (Fsp3) is 0.286. The third-order valence-electron chi connectivity index (χ3n) is 4.15. The molecule has 0 spiro atoms. The molecular formula is C21H26N2O3S. The third kappa shape index (κ3) is 5.20. The van der Waals surface area contributed by atoms with Crippen molar-refractivity contribution in [3.8, 4) is 0 Å². The van der Waals surface area contributed by atoms with Crippen molar-refractivity contribution in [3.05, 3.63) is 71.8 Å². The summed E-state index contributed by atoms with van der Waals surface area (Å²) in [5, 5.41) is 2.67. The van der Waals surface area contributed by atoms with Crippen molar-refractivity contribution in [3.63, 3.8) is 0 Å². The van der Waals surface area contributed by atoms with Crippen molar-refractivity contribution in [1.29, 1.82) is 0 Å². The Bertz CT molecular complexity index is 940. The molecule has 5 nitrogen and oxygen atoms in total. The van der Waals surface area contributed by atoms with Crippen LogP contribution in [0, 0.1) is 6.92 Å². The minimum Gasteiger partial charge on any atom is -0.349 e. The number of hydrogen-bond acceptors (Lipinski definition) is 3. The molecule has 0 fully saturated rings. The second kappa shape index (κ2) is 7.96. The maximum absolute atomic E-state index is 12.9. The molecule has 0 aliphatic carbocycles. The highest BCUT2D eigenvalue weighted by atomic mass is 32.2. The lowest BCUT2D eigenvalue weighted by atomic mass is 9.87. The molecule has 2 N–H and O–H groups in total. The van der Waals surface area contributed by atoms with E-state index in [0.717, 1.165) is 5.56 Å². The summed E-state index contributed by atoms with van der Waals surface area (Å²) in [6, 6.07) is 11.8. The molecule has 0 radical (unpaired) electrons. The Balaban J connectivity index is 2.26. The first kappa shape index (κ1) is 20.7. The Kier molecular flexibility index (Phi) is 6.11. The van der Waals surface area contributed by atoms with Gasteiger partial charge in [0.2, 0.25) is 0 Å². The van der Waals surface area contributed by atoms with Crippen LogP contribution in [-0.4, -0.2) is 20.9 Å². The van der Waals surface area contributed by atoms with Crippen molar-refractivity contribution in [2.75, 3.05) is 11.3 Å². The van der Waals surface area contributed by atoms with Crippen LogP contribution in [0.5, 0.6) is 0 Å². The number of anilines is 1. The van der Waals surface area contributed by atoms with E-state index in [1.54, 1.807) is 43.3 Å². The van der Waals surface area contributed by atoms with Gasteiger partial charge >= 0.3 is 0 Å². The molecule has 0 bridgehead atoms. The van der Waals surface area contributed by atoms with E-state index in [2.05, 4.69) is 16.6 Å². The molecule has 0 atom stereocenters. The number of hydrogen-bond donors (Lipinski definition) is 2. The third-order valence-corrected chi connectivity index (χ3v) is 5.67. The fourth-order valence-corrected chi connectivity index (χ4v) is 3.85. The van der Waals surface area contributed by atoms with E-state index in [1.807, 2.05) is 32.9 Å². The quantitative estimate of drug-likeness (QED) is 0.737. The summed E-state index contributed by atoms with van der Waals surface area (Å²) in [6.45, 7) is 11.8. The number of rotatable bonds is 6. The molecule has 1 amide bonds. The van der Waals surface area contributed by atoms with Gasteiger partial charge in [0.15, 0.2) is 0 Å². The number of carbonyl (C=O) groups is 1. The number of benzene rings is 2. The SMILES string of the molecule is C=CCNC(=O)c1ccc(NS(=O)(=O)c2cc(C(C)(C)C)ccc2C)cc1. The summed E-state index contributed by atoms with van der Waals surface area (Å²) >= 11 is 0. The Morgan fingerprint density at radius 3 is 2.30 bits per heavy atom. The van der Waals surface area contributed by atoms with Gasteiger partial charge in [-0.3, -0.25) is 9.52 Å². The average molecular weight is 387 g/mol. The monoisotopic (exact) mass is 386 g/mol. The summed E-state index contributed by atoms with van der Waals surface area (Å²) in [4.78, 5) is 12.2. The van der Waals surface area contributed by atoms with Crippen molar-refractivity contribution < 1.29 is 13.2 Å². The van der Waals surface area contributed by atoms with Gasteiger partial charge in [0.1, 0.15) is 0 Å². The van der Waals surface area contributed by atoms with Gasteiger partial charge in [0, 0.05) is 17.8 Å². The molecule has 0 heterocycles. The van der Waals surface area contributed by atoms with Gasteiger partial charge in [-0.05, 0) is 53.8 Å². The van der Waals surface area contributed by atoms with Crippen LogP contribution in [-0.2, 0) is 15.4 Å². The van der Waals surface area contributed by atoms with Gasteiger partial charge in [-0.25, -0.2) is 8.42 Å². The Labute approximate surface area is 161 Å². The maximum Gasteiger partial charge on any atom is 0.262 e. The van der Waals surface area contributed by atoms with Gasteiger partial charge in [0.25, 0.3) is 15.9 Å². The second-order valence-electron chi connectivity index (χ2n) is 7.41. The van der Waals surface area contributed by atoms with E-state index in [0.29, 0.717) is 23.4 Å². The molecular weight excluding hydrogens is 360 g/mol. The van der Waals surface area contributed by atoms with Crippen molar-refractivity contribution in [2.45, 2.75) is 38.0 Å². The highest BCUT2D eigenvalue weighted by Gasteiger charge is 2.21. The lowest BCUT2D eigenvalue weighted by Gasteiger charge is -2.21. The molecule has 0 saturated carbocycles. The van der Waals surface area contributed by atoms with Crippen LogP contribution in [0.25, 0.3) is 0 Å². The molecule has 0 aliphatic rings. The van der Waals surface area contributed by atoms with Gasteiger partial charge in [-0.2, -0.15) is 0 Å². The largest absolute Gasteiger partial charge is 0.349 e. The van der Waals surface area contributed by atoms with Crippen molar-refractivity contribution in [1.82, 2.24) is 5.32 Å². The highest BCUT2D eigenvalue weighted by Crippen LogP contribution is 2.27. The molecule has 0 aliphatic heterocycles. The van der Waals surface area contributed by atoms with Crippen LogP contribution >= 0.6 is 0 Å². The topological polar surface area (TPSA) is 75.3 Å². The Morgan fingerprint density at radius 2 is 1.74 bits per heavy atom. The molecule has 2 rings (SSSR count). The normalized spacial score (nSPS) is 11.7. The predicted molar refractivity (Wildman–Crippen MR) is 110 cm³/mol. The number of amides is 1. The molecule has 0 saturated heterocycles. The lowest BCUT2D eigenvalue weighted by molar-refractivity contribution is 0.0958. The van der Waals surface area contributed by atoms with Crippen LogP contribution in [0.2, 0.25) is 0 Å². The summed E-state index contributed by atoms with van der Waals surface area (Å²) in [6.07, 6.45) is 1.59. The Hall–Kier alpha value is -2.60. The van der Waals surface area contributed by atoms with E-state index in [1.165, 1.54) is 0 Å². The lowest BCUT2D eigenvalue weighted by Crippen LogP contribution is -2.23. The summed E-state index contributed by atoms with van der Waals surface area (Å²) in [7, 11) is -3.74. The van der Waals surface area contributed by atoms with Crippen molar-refractivity contribution in [2.24, 2.45) is 0 Å². The van der Waals surface area contributed by atoms with Crippen LogP contribution in [0.15, 0.2) is 60.0 Å². The molecule has 27 heavy (non-hydrogen) atoms. The van der Waals surface area contributed by atoms with E-state index < -0.39 is 10.0 Å². The molecule has 0 unspecified atom stereocenters. The zero-order valence-electron chi connectivity index (χ0n) is 16.2. The highest BCUT2D eigenvalue weighted by molar-refractivity contribution is 7.92. The van der Waals surface area contributed by atoms with Gasteiger partial charge in [-0.15, -0.1) is 6.58 Å². The van der Waals surface area contributed by atoms with E-state index >= 15 is 0 Å². The minimum atomic E-state index is -3.74. The van der Waals surface area contributed by atoms with Crippen LogP contribution in [0.1, 0.15) is 42.3 Å². The molecule has 2 aromatic rings. The fourth-order valence-electron chi connectivity index (χ4n) is 2.52. The maximum atomic E-state index is 12.9. The average Bonchev–Trinajstić information content (AvgIpc) is 2.59. The minimum absolute atomic E-state index is 0.154. The van der Waals surface area contributed by atoms with Crippen LogP contribution in [0.3, 0.4) is 0 Å². The summed E-state index contributed by atoms with van der Waals surface area (Å²) in [5.41, 5.74) is 2.32. The van der Waals surface area contributed by atoms with E-state index in [4.69, 9.17) is 0 Å². The zero-order valence-corrected chi connectivity index (χ0v) is 17.0. The van der Waals surface area contributed by atoms with Crippen LogP contribution < -0.4 is 10.0 Å². The molecule has 2 aromatic carbocycles. The second-order valence-corrected chi connectivity index (χ2v) is 9.06. The first-order chi connectivity index (χ1) is 12.5. The van der Waals surface area contributed by atoms with Crippen molar-refractivity contribution >= 4 is 21.6 Å². The van der Waals surface area contributed by atoms with Gasteiger partial charge in [0.05, 0.1) is 4.90 Å². The van der Waals surface area contributed by atoms with E-state index in [9.17, 15) is 13.2 Å². The van der Waals surface area contributed by atoms with Crippen LogP contribution in [0.4, 0.5) is 5.69 Å².